The maximum atomic E-state index is 12.3. The van der Waals surface area contributed by atoms with Gasteiger partial charge >= 0.3 is 0 Å². The molecule has 8 nitrogen and oxygen atoms in total. The van der Waals surface area contributed by atoms with Crippen LogP contribution in [0.15, 0.2) is 30.9 Å². The molecule has 3 heterocycles. The first-order valence-electron chi connectivity index (χ1n) is 9.00. The first kappa shape index (κ1) is 18.0. The summed E-state index contributed by atoms with van der Waals surface area (Å²) in [5, 5.41) is 2.92. The summed E-state index contributed by atoms with van der Waals surface area (Å²) in [5.41, 5.74) is 0.410. The number of rotatable bonds is 6. The van der Waals surface area contributed by atoms with Crippen LogP contribution in [0.3, 0.4) is 0 Å². The summed E-state index contributed by atoms with van der Waals surface area (Å²) in [5.74, 6) is 1.94. The molecule has 2 aromatic heterocycles. The van der Waals surface area contributed by atoms with Gasteiger partial charge in [-0.05, 0) is 18.4 Å². The fourth-order valence-electron chi connectivity index (χ4n) is 2.80. The van der Waals surface area contributed by atoms with Crippen LogP contribution in [0.25, 0.3) is 0 Å². The summed E-state index contributed by atoms with van der Waals surface area (Å²) in [4.78, 5) is 33.6. The predicted molar refractivity (Wildman–Crippen MR) is 100 cm³/mol. The number of amides is 1. The van der Waals surface area contributed by atoms with E-state index < -0.39 is 0 Å². The minimum Gasteiger partial charge on any atom is -0.353 e. The standard InChI is InChI=1S/C18H25N7O/c1-14(2)4-7-19-17(26)15-12-16(23-13-22-15)24-8-10-25(11-9-24)18-20-5-3-6-21-18/h3,5-6,12-14H,4,7-11H2,1-2H3,(H,19,26). The van der Waals surface area contributed by atoms with Crippen molar-refractivity contribution in [1.29, 1.82) is 0 Å². The number of carbonyl (C=O) groups is 1. The highest BCUT2D eigenvalue weighted by Gasteiger charge is 2.20. The largest absolute Gasteiger partial charge is 0.353 e. The molecule has 0 spiro atoms. The summed E-state index contributed by atoms with van der Waals surface area (Å²) in [6, 6.07) is 3.58. The Morgan fingerprint density at radius 3 is 2.46 bits per heavy atom. The number of hydrogen-bond donors (Lipinski definition) is 1. The quantitative estimate of drug-likeness (QED) is 0.837. The van der Waals surface area contributed by atoms with E-state index in [0.29, 0.717) is 18.2 Å². The molecule has 0 saturated carbocycles. The van der Waals surface area contributed by atoms with Crippen LogP contribution in [0.2, 0.25) is 0 Å². The summed E-state index contributed by atoms with van der Waals surface area (Å²) in [6.45, 7) is 8.14. The topological polar surface area (TPSA) is 87.1 Å². The van der Waals surface area contributed by atoms with Crippen molar-refractivity contribution in [2.75, 3.05) is 42.5 Å². The Morgan fingerprint density at radius 1 is 1.08 bits per heavy atom. The summed E-state index contributed by atoms with van der Waals surface area (Å²) in [6.07, 6.45) is 5.92. The zero-order chi connectivity index (χ0) is 18.4. The second-order valence-corrected chi connectivity index (χ2v) is 6.72. The van der Waals surface area contributed by atoms with Gasteiger partial charge in [-0.25, -0.2) is 19.9 Å². The van der Waals surface area contributed by atoms with E-state index in [1.807, 2.05) is 6.07 Å². The zero-order valence-corrected chi connectivity index (χ0v) is 15.3. The molecular formula is C18H25N7O. The van der Waals surface area contributed by atoms with Crippen molar-refractivity contribution in [2.45, 2.75) is 20.3 Å². The number of nitrogens with one attached hydrogen (secondary N) is 1. The highest BCUT2D eigenvalue weighted by molar-refractivity contribution is 5.92. The third-order valence-corrected chi connectivity index (χ3v) is 4.33. The van der Waals surface area contributed by atoms with E-state index in [-0.39, 0.29) is 5.91 Å². The summed E-state index contributed by atoms with van der Waals surface area (Å²) in [7, 11) is 0. The van der Waals surface area contributed by atoms with Gasteiger partial charge in [0.2, 0.25) is 5.95 Å². The molecule has 1 N–H and O–H groups in total. The van der Waals surface area contributed by atoms with Crippen LogP contribution in [0.1, 0.15) is 30.8 Å². The Hall–Kier alpha value is -2.77. The van der Waals surface area contributed by atoms with Crippen LogP contribution in [0.4, 0.5) is 11.8 Å². The molecule has 1 aliphatic heterocycles. The smallest absolute Gasteiger partial charge is 0.270 e. The number of carbonyl (C=O) groups excluding carboxylic acids is 1. The maximum Gasteiger partial charge on any atom is 0.270 e. The Morgan fingerprint density at radius 2 is 1.77 bits per heavy atom. The van der Waals surface area contributed by atoms with E-state index in [4.69, 9.17) is 0 Å². The van der Waals surface area contributed by atoms with Crippen LogP contribution in [-0.4, -0.2) is 58.6 Å². The summed E-state index contributed by atoms with van der Waals surface area (Å²) < 4.78 is 0. The molecule has 1 saturated heterocycles. The monoisotopic (exact) mass is 355 g/mol. The zero-order valence-electron chi connectivity index (χ0n) is 15.3. The Bertz CT molecular complexity index is 714. The lowest BCUT2D eigenvalue weighted by atomic mass is 10.1. The molecule has 26 heavy (non-hydrogen) atoms. The van der Waals surface area contributed by atoms with Gasteiger partial charge in [0.1, 0.15) is 17.8 Å². The van der Waals surface area contributed by atoms with Gasteiger partial charge < -0.3 is 15.1 Å². The molecule has 0 unspecified atom stereocenters. The molecule has 0 bridgehead atoms. The van der Waals surface area contributed by atoms with Crippen molar-refractivity contribution in [3.63, 3.8) is 0 Å². The van der Waals surface area contributed by atoms with Gasteiger partial charge in [0.05, 0.1) is 0 Å². The van der Waals surface area contributed by atoms with Gasteiger partial charge in [-0.1, -0.05) is 13.8 Å². The lowest BCUT2D eigenvalue weighted by Crippen LogP contribution is -2.47. The van der Waals surface area contributed by atoms with E-state index in [2.05, 4.69) is 48.9 Å². The Kier molecular flexibility index (Phi) is 5.93. The molecule has 0 radical (unpaired) electrons. The van der Waals surface area contributed by atoms with E-state index in [9.17, 15) is 4.79 Å². The lowest BCUT2D eigenvalue weighted by molar-refractivity contribution is 0.0947. The number of aromatic nitrogens is 4. The van der Waals surface area contributed by atoms with Gasteiger partial charge in [-0.15, -0.1) is 0 Å². The molecule has 1 aliphatic rings. The van der Waals surface area contributed by atoms with Crippen LogP contribution < -0.4 is 15.1 Å². The van der Waals surface area contributed by atoms with Crippen molar-refractivity contribution in [1.82, 2.24) is 25.3 Å². The molecule has 0 aliphatic carbocycles. The van der Waals surface area contributed by atoms with E-state index >= 15 is 0 Å². The van der Waals surface area contributed by atoms with Gasteiger partial charge in [0, 0.05) is 51.2 Å². The van der Waals surface area contributed by atoms with Crippen molar-refractivity contribution in [3.8, 4) is 0 Å². The second kappa shape index (κ2) is 8.55. The first-order valence-corrected chi connectivity index (χ1v) is 9.00. The van der Waals surface area contributed by atoms with Crippen LogP contribution in [0, 0.1) is 5.92 Å². The van der Waals surface area contributed by atoms with Gasteiger partial charge in [-0.3, -0.25) is 4.79 Å². The van der Waals surface area contributed by atoms with E-state index in [1.165, 1.54) is 6.33 Å². The van der Waals surface area contributed by atoms with E-state index in [0.717, 1.165) is 44.4 Å². The van der Waals surface area contributed by atoms with Gasteiger partial charge in [-0.2, -0.15) is 0 Å². The average molecular weight is 355 g/mol. The van der Waals surface area contributed by atoms with E-state index in [1.54, 1.807) is 18.5 Å². The second-order valence-electron chi connectivity index (χ2n) is 6.72. The maximum absolute atomic E-state index is 12.3. The van der Waals surface area contributed by atoms with Gasteiger partial charge in [0.25, 0.3) is 5.91 Å². The minimum absolute atomic E-state index is 0.148. The SMILES string of the molecule is CC(C)CCNC(=O)c1cc(N2CCN(c3ncccn3)CC2)ncn1. The normalized spacial score (nSPS) is 14.6. The third kappa shape index (κ3) is 4.65. The van der Waals surface area contributed by atoms with Crippen LogP contribution in [0.5, 0.6) is 0 Å². The Labute approximate surface area is 153 Å². The fourth-order valence-corrected chi connectivity index (χ4v) is 2.80. The van der Waals surface area contributed by atoms with Gasteiger partial charge in [0.15, 0.2) is 0 Å². The van der Waals surface area contributed by atoms with Crippen molar-refractivity contribution >= 4 is 17.7 Å². The molecule has 8 heteroatoms. The molecule has 1 fully saturated rings. The lowest BCUT2D eigenvalue weighted by Gasteiger charge is -2.35. The molecule has 3 rings (SSSR count). The number of piperazine rings is 1. The molecule has 0 aromatic carbocycles. The van der Waals surface area contributed by atoms with Crippen molar-refractivity contribution < 1.29 is 4.79 Å². The molecule has 2 aromatic rings. The van der Waals surface area contributed by atoms with Crippen molar-refractivity contribution in [2.24, 2.45) is 5.92 Å². The minimum atomic E-state index is -0.148. The average Bonchev–Trinajstić information content (AvgIpc) is 2.68. The number of hydrogen-bond acceptors (Lipinski definition) is 7. The predicted octanol–water partition coefficient (Wildman–Crippen LogP) is 1.37. The molecule has 0 atom stereocenters. The van der Waals surface area contributed by atoms with Crippen molar-refractivity contribution in [3.05, 3.63) is 36.5 Å². The molecule has 1 amide bonds. The number of nitrogens with zero attached hydrogens (tertiary/aromatic N) is 6. The Balaban J connectivity index is 1.58. The highest BCUT2D eigenvalue weighted by Crippen LogP contribution is 2.16. The van der Waals surface area contributed by atoms with Crippen LogP contribution in [-0.2, 0) is 0 Å². The first-order chi connectivity index (χ1) is 12.6. The molecule has 138 valence electrons. The fraction of sp³-hybridized carbons (Fsp3) is 0.500. The summed E-state index contributed by atoms with van der Waals surface area (Å²) >= 11 is 0. The highest BCUT2D eigenvalue weighted by atomic mass is 16.1. The molecular weight excluding hydrogens is 330 g/mol. The number of anilines is 2. The third-order valence-electron chi connectivity index (χ3n) is 4.33. The van der Waals surface area contributed by atoms with Crippen LogP contribution >= 0.6 is 0 Å².